The number of fused-ring (bicyclic) bond motifs is 1. The lowest BCUT2D eigenvalue weighted by molar-refractivity contribution is -0.152. The summed E-state index contributed by atoms with van der Waals surface area (Å²) in [6.45, 7) is 8.87. The Morgan fingerprint density at radius 3 is 2.78 bits per heavy atom. The molecule has 1 aromatic heterocycles. The van der Waals surface area contributed by atoms with Gasteiger partial charge in [0.15, 0.2) is 0 Å². The average Bonchev–Trinajstić information content (AvgIpc) is 3.04. The lowest BCUT2D eigenvalue weighted by atomic mass is 9.46. The van der Waals surface area contributed by atoms with Gasteiger partial charge in [0, 0.05) is 5.41 Å². The molecule has 0 saturated heterocycles. The molecule has 0 radical (unpaired) electrons. The smallest absolute Gasteiger partial charge is 0.0934 e. The van der Waals surface area contributed by atoms with Gasteiger partial charge < -0.3 is 14.6 Å². The molecule has 3 nitrogen and oxygen atoms in total. The van der Waals surface area contributed by atoms with Gasteiger partial charge in [-0.1, -0.05) is 26.0 Å². The molecule has 5 atom stereocenters. The predicted octanol–water partition coefficient (Wildman–Crippen LogP) is 3.95. The summed E-state index contributed by atoms with van der Waals surface area (Å²) in [5.74, 6) is 0.804. The molecule has 0 amide bonds. The Kier molecular flexibility index (Phi) is 4.45. The van der Waals surface area contributed by atoms with E-state index in [1.807, 2.05) is 12.3 Å². The molecule has 0 aromatic carbocycles. The van der Waals surface area contributed by atoms with Crippen LogP contribution >= 0.6 is 0 Å². The molecule has 3 heteroatoms. The van der Waals surface area contributed by atoms with Gasteiger partial charge in [-0.25, -0.2) is 0 Å². The Balaban J connectivity index is 1.85. The third kappa shape index (κ3) is 2.68. The molecule has 2 saturated carbocycles. The van der Waals surface area contributed by atoms with Crippen LogP contribution in [0.25, 0.3) is 0 Å². The molecular weight excluding hydrogens is 288 g/mol. The van der Waals surface area contributed by atoms with Crippen molar-refractivity contribution in [3.63, 3.8) is 0 Å². The highest BCUT2D eigenvalue weighted by atomic mass is 16.3. The summed E-state index contributed by atoms with van der Waals surface area (Å²) in [6.07, 6.45) is 9.08. The predicted molar refractivity (Wildman–Crippen MR) is 90.9 cm³/mol. The van der Waals surface area contributed by atoms with E-state index in [0.29, 0.717) is 11.8 Å². The number of hydrogen-bond acceptors (Lipinski definition) is 3. The molecule has 3 rings (SSSR count). The maximum absolute atomic E-state index is 10.5. The van der Waals surface area contributed by atoms with Crippen LogP contribution < -0.4 is 0 Å². The minimum Gasteiger partial charge on any atom is -0.472 e. The second-order valence-corrected chi connectivity index (χ2v) is 8.20. The van der Waals surface area contributed by atoms with Gasteiger partial charge in [-0.15, -0.1) is 0 Å². The number of furan rings is 1. The van der Waals surface area contributed by atoms with E-state index in [-0.39, 0.29) is 17.4 Å². The van der Waals surface area contributed by atoms with E-state index in [4.69, 9.17) is 4.42 Å². The van der Waals surface area contributed by atoms with Crippen LogP contribution in [0.15, 0.2) is 35.2 Å². The zero-order valence-corrected chi connectivity index (χ0v) is 14.4. The van der Waals surface area contributed by atoms with Crippen LogP contribution in [0, 0.1) is 22.7 Å². The summed E-state index contributed by atoms with van der Waals surface area (Å²) in [5, 5.41) is 20.5. The first kappa shape index (κ1) is 16.8. The fourth-order valence-electron chi connectivity index (χ4n) is 5.48. The van der Waals surface area contributed by atoms with Crippen molar-refractivity contribution in [1.29, 1.82) is 0 Å². The maximum atomic E-state index is 10.5. The van der Waals surface area contributed by atoms with Crippen LogP contribution in [0.1, 0.15) is 51.5 Å². The highest BCUT2D eigenvalue weighted by molar-refractivity contribution is 5.18. The summed E-state index contributed by atoms with van der Waals surface area (Å²) in [5.41, 5.74) is 2.32. The van der Waals surface area contributed by atoms with Crippen molar-refractivity contribution in [2.45, 2.75) is 58.5 Å². The summed E-state index contributed by atoms with van der Waals surface area (Å²) >= 11 is 0. The van der Waals surface area contributed by atoms with E-state index >= 15 is 0 Å². The van der Waals surface area contributed by atoms with E-state index < -0.39 is 6.10 Å². The SMILES string of the molecule is C=C1CC[C@H]2[C@](C)(CC[C@@H](O)[C@]2(C)CO)[C@@H]1CCc1ccoc1. The van der Waals surface area contributed by atoms with Crippen LogP contribution in [-0.2, 0) is 6.42 Å². The normalized spacial score (nSPS) is 40.9. The summed E-state index contributed by atoms with van der Waals surface area (Å²) in [7, 11) is 0. The zero-order valence-electron chi connectivity index (χ0n) is 14.4. The molecule has 23 heavy (non-hydrogen) atoms. The monoisotopic (exact) mass is 318 g/mol. The highest BCUT2D eigenvalue weighted by Gasteiger charge is 2.57. The lowest BCUT2D eigenvalue weighted by Crippen LogP contribution is -2.57. The van der Waals surface area contributed by atoms with Crippen LogP contribution in [0.4, 0.5) is 0 Å². The first-order chi connectivity index (χ1) is 10.9. The molecule has 2 aliphatic rings. The number of allylic oxidation sites excluding steroid dienone is 1. The van der Waals surface area contributed by atoms with Crippen molar-refractivity contribution >= 4 is 0 Å². The van der Waals surface area contributed by atoms with Gasteiger partial charge in [0.25, 0.3) is 0 Å². The second kappa shape index (κ2) is 6.10. The average molecular weight is 318 g/mol. The van der Waals surface area contributed by atoms with E-state index in [0.717, 1.165) is 38.5 Å². The minimum atomic E-state index is -0.397. The number of hydrogen-bond donors (Lipinski definition) is 2. The minimum absolute atomic E-state index is 0.0648. The van der Waals surface area contributed by atoms with Crippen molar-refractivity contribution in [1.82, 2.24) is 0 Å². The van der Waals surface area contributed by atoms with Gasteiger partial charge in [-0.3, -0.25) is 0 Å². The molecule has 0 aliphatic heterocycles. The van der Waals surface area contributed by atoms with E-state index in [2.05, 4.69) is 20.4 Å². The van der Waals surface area contributed by atoms with Crippen molar-refractivity contribution in [3.05, 3.63) is 36.3 Å². The number of aliphatic hydroxyl groups is 2. The van der Waals surface area contributed by atoms with Crippen LogP contribution in [0.2, 0.25) is 0 Å². The van der Waals surface area contributed by atoms with Gasteiger partial charge in [0.1, 0.15) is 0 Å². The fourth-order valence-corrected chi connectivity index (χ4v) is 5.48. The van der Waals surface area contributed by atoms with E-state index in [1.165, 1.54) is 11.1 Å². The molecule has 1 aromatic rings. The topological polar surface area (TPSA) is 53.6 Å². The molecular formula is C20H30O3. The van der Waals surface area contributed by atoms with Gasteiger partial charge in [0.2, 0.25) is 0 Å². The maximum Gasteiger partial charge on any atom is 0.0934 e. The lowest BCUT2D eigenvalue weighted by Gasteiger charge is -2.60. The molecule has 2 fully saturated rings. The Bertz CT molecular complexity index is 549. The van der Waals surface area contributed by atoms with Crippen LogP contribution in [0.5, 0.6) is 0 Å². The van der Waals surface area contributed by atoms with Gasteiger partial charge in [0.05, 0.1) is 25.2 Å². The van der Waals surface area contributed by atoms with Crippen molar-refractivity contribution in [3.8, 4) is 0 Å². The summed E-state index contributed by atoms with van der Waals surface area (Å²) in [4.78, 5) is 0. The Morgan fingerprint density at radius 1 is 1.35 bits per heavy atom. The van der Waals surface area contributed by atoms with Gasteiger partial charge in [-0.2, -0.15) is 0 Å². The van der Waals surface area contributed by atoms with Crippen molar-refractivity contribution in [2.24, 2.45) is 22.7 Å². The first-order valence-corrected chi connectivity index (χ1v) is 8.89. The molecule has 0 unspecified atom stereocenters. The van der Waals surface area contributed by atoms with Crippen LogP contribution in [-0.4, -0.2) is 22.9 Å². The molecule has 0 bridgehead atoms. The number of rotatable bonds is 4. The van der Waals surface area contributed by atoms with E-state index in [1.54, 1.807) is 6.26 Å². The first-order valence-electron chi connectivity index (χ1n) is 8.89. The standard InChI is InChI=1S/C20H30O3/c1-14-4-7-17-19(2,10-8-18(22)20(17,3)13-21)16(14)6-5-15-9-11-23-12-15/h9,11-12,16-18,21-22H,1,4-8,10,13H2,2-3H3/t16-,17+,18-,19-,20-/m1/s1. The molecule has 2 aliphatic carbocycles. The second-order valence-electron chi connectivity index (χ2n) is 8.20. The largest absolute Gasteiger partial charge is 0.472 e. The third-order valence-electron chi connectivity index (χ3n) is 7.00. The molecule has 128 valence electrons. The van der Waals surface area contributed by atoms with Crippen LogP contribution in [0.3, 0.4) is 0 Å². The zero-order chi connectivity index (χ0) is 16.7. The number of aliphatic hydroxyl groups excluding tert-OH is 2. The van der Waals surface area contributed by atoms with Crippen molar-refractivity contribution < 1.29 is 14.6 Å². The quantitative estimate of drug-likeness (QED) is 0.826. The Labute approximate surface area is 139 Å². The number of aryl methyl sites for hydroxylation is 1. The summed E-state index contributed by atoms with van der Waals surface area (Å²) < 4.78 is 5.19. The molecule has 1 heterocycles. The van der Waals surface area contributed by atoms with E-state index in [9.17, 15) is 10.2 Å². The van der Waals surface area contributed by atoms with Gasteiger partial charge >= 0.3 is 0 Å². The molecule has 0 spiro atoms. The fraction of sp³-hybridized carbons (Fsp3) is 0.700. The van der Waals surface area contributed by atoms with Crippen molar-refractivity contribution in [2.75, 3.05) is 6.61 Å². The third-order valence-corrected chi connectivity index (χ3v) is 7.00. The summed E-state index contributed by atoms with van der Waals surface area (Å²) in [6, 6.07) is 2.04. The van der Waals surface area contributed by atoms with Gasteiger partial charge in [-0.05, 0) is 67.4 Å². The Morgan fingerprint density at radius 2 is 2.13 bits per heavy atom. The highest BCUT2D eigenvalue weighted by Crippen LogP contribution is 2.61. The molecule has 2 N–H and O–H groups in total. The Hall–Kier alpha value is -1.06.